The fraction of sp³-hybridized carbons (Fsp3) is 0.500. The number of thiocarbonyl (C=S) groups is 1. The Bertz CT molecular complexity index is 727. The van der Waals surface area contributed by atoms with Crippen LogP contribution in [0.5, 0.6) is 0 Å². The van der Waals surface area contributed by atoms with Crippen molar-refractivity contribution >= 4 is 34.4 Å². The molecule has 2 fully saturated rings. The van der Waals surface area contributed by atoms with Gasteiger partial charge in [-0.3, -0.25) is 4.90 Å². The number of nitrogens with zero attached hydrogens (tertiary/aromatic N) is 1. The Kier molecular flexibility index (Phi) is 6.11. The van der Waals surface area contributed by atoms with Gasteiger partial charge in [-0.25, -0.2) is 0 Å². The summed E-state index contributed by atoms with van der Waals surface area (Å²) in [6.07, 6.45) is 7.46. The number of aryl methyl sites for hydroxylation is 1. The molecule has 1 aromatic heterocycles. The van der Waals surface area contributed by atoms with Crippen LogP contribution in [0.15, 0.2) is 41.8 Å². The van der Waals surface area contributed by atoms with Gasteiger partial charge < -0.3 is 10.6 Å². The zero-order valence-electron chi connectivity index (χ0n) is 16.0. The van der Waals surface area contributed by atoms with Crippen LogP contribution >= 0.6 is 23.6 Å². The highest BCUT2D eigenvalue weighted by Gasteiger charge is 2.38. The number of hydrogen-bond donors (Lipinski definition) is 2. The van der Waals surface area contributed by atoms with Gasteiger partial charge in [-0.2, -0.15) is 0 Å². The van der Waals surface area contributed by atoms with E-state index >= 15 is 0 Å². The normalized spacial score (nSPS) is 25.1. The summed E-state index contributed by atoms with van der Waals surface area (Å²) in [5, 5.41) is 9.91. The van der Waals surface area contributed by atoms with Crippen molar-refractivity contribution in [1.82, 2.24) is 10.2 Å². The first-order chi connectivity index (χ1) is 13.2. The van der Waals surface area contributed by atoms with Gasteiger partial charge in [0.15, 0.2) is 5.11 Å². The highest BCUT2D eigenvalue weighted by molar-refractivity contribution is 7.80. The minimum atomic E-state index is 0.481. The zero-order chi connectivity index (χ0) is 18.6. The monoisotopic (exact) mass is 399 g/mol. The molecule has 144 valence electrons. The lowest BCUT2D eigenvalue weighted by Gasteiger charge is -2.49. The third kappa shape index (κ3) is 4.71. The molecule has 0 spiro atoms. The molecule has 2 aliphatic heterocycles. The van der Waals surface area contributed by atoms with Gasteiger partial charge in [0.05, 0.1) is 0 Å². The molecule has 0 saturated carbocycles. The summed E-state index contributed by atoms with van der Waals surface area (Å²) in [5.74, 6) is 0. The zero-order valence-corrected chi connectivity index (χ0v) is 17.6. The molecule has 4 rings (SSSR count). The first-order valence-electron chi connectivity index (χ1n) is 10.2. The maximum atomic E-state index is 5.60. The lowest BCUT2D eigenvalue weighted by molar-refractivity contribution is 0.0220. The van der Waals surface area contributed by atoms with E-state index in [0.717, 1.165) is 23.8 Å². The molecule has 5 heteroatoms. The molecule has 2 bridgehead atoms. The summed E-state index contributed by atoms with van der Waals surface area (Å²) in [7, 11) is 0. The fourth-order valence-electron chi connectivity index (χ4n) is 4.61. The number of anilines is 1. The third-order valence-electron chi connectivity index (χ3n) is 6.00. The van der Waals surface area contributed by atoms with E-state index in [2.05, 4.69) is 64.2 Å². The highest BCUT2D eigenvalue weighted by Crippen LogP contribution is 2.35. The molecular formula is C22H29N3S2. The number of thiophene rings is 1. The van der Waals surface area contributed by atoms with E-state index in [-0.39, 0.29) is 0 Å². The van der Waals surface area contributed by atoms with Crippen LogP contribution in [0.4, 0.5) is 5.69 Å². The molecule has 1 aromatic carbocycles. The lowest BCUT2D eigenvalue weighted by atomic mass is 9.81. The van der Waals surface area contributed by atoms with Crippen LogP contribution in [0.1, 0.15) is 49.5 Å². The molecule has 1 unspecified atom stereocenters. The summed E-state index contributed by atoms with van der Waals surface area (Å²) >= 11 is 7.48. The number of fused-ring (bicyclic) bond motifs is 2. The van der Waals surface area contributed by atoms with Crippen LogP contribution in [0.25, 0.3) is 0 Å². The largest absolute Gasteiger partial charge is 0.360 e. The van der Waals surface area contributed by atoms with E-state index in [4.69, 9.17) is 12.2 Å². The molecule has 2 aliphatic rings. The number of hydrogen-bond acceptors (Lipinski definition) is 3. The lowest BCUT2D eigenvalue weighted by Crippen LogP contribution is -2.56. The molecule has 27 heavy (non-hydrogen) atoms. The van der Waals surface area contributed by atoms with Crippen LogP contribution < -0.4 is 10.6 Å². The molecule has 0 radical (unpaired) electrons. The Morgan fingerprint density at radius 3 is 2.52 bits per heavy atom. The van der Waals surface area contributed by atoms with Crippen LogP contribution in [-0.2, 0) is 13.0 Å². The summed E-state index contributed by atoms with van der Waals surface area (Å²) < 4.78 is 0. The van der Waals surface area contributed by atoms with Crippen molar-refractivity contribution in [2.45, 2.75) is 70.1 Å². The topological polar surface area (TPSA) is 27.3 Å². The number of rotatable bonds is 5. The minimum absolute atomic E-state index is 0.481. The van der Waals surface area contributed by atoms with Crippen molar-refractivity contribution in [3.8, 4) is 0 Å². The highest BCUT2D eigenvalue weighted by atomic mass is 32.1. The van der Waals surface area contributed by atoms with E-state index in [1.54, 1.807) is 0 Å². The van der Waals surface area contributed by atoms with E-state index < -0.39 is 0 Å². The van der Waals surface area contributed by atoms with Crippen molar-refractivity contribution in [2.24, 2.45) is 0 Å². The maximum Gasteiger partial charge on any atom is 0.170 e. The van der Waals surface area contributed by atoms with Gasteiger partial charge in [-0.15, -0.1) is 11.3 Å². The predicted octanol–water partition coefficient (Wildman–Crippen LogP) is 5.18. The van der Waals surface area contributed by atoms with Crippen molar-refractivity contribution in [3.05, 3.63) is 52.2 Å². The van der Waals surface area contributed by atoms with Crippen LogP contribution in [-0.4, -0.2) is 28.1 Å². The van der Waals surface area contributed by atoms with E-state index in [1.165, 1.54) is 42.5 Å². The Morgan fingerprint density at radius 1 is 1.15 bits per heavy atom. The molecule has 3 nitrogen and oxygen atoms in total. The summed E-state index contributed by atoms with van der Waals surface area (Å²) in [5.41, 5.74) is 2.42. The van der Waals surface area contributed by atoms with Crippen molar-refractivity contribution in [2.75, 3.05) is 5.32 Å². The third-order valence-corrected chi connectivity index (χ3v) is 7.08. The second-order valence-electron chi connectivity index (χ2n) is 7.81. The van der Waals surface area contributed by atoms with Gasteiger partial charge in [0.25, 0.3) is 0 Å². The van der Waals surface area contributed by atoms with Crippen LogP contribution in [0.3, 0.4) is 0 Å². The SMILES string of the molecule is CCc1ccc(NC(=S)NC2C[C@H]3CCC[C@@H](C2)N3Cc2cccs2)cc1. The van der Waals surface area contributed by atoms with E-state index in [0.29, 0.717) is 18.1 Å². The van der Waals surface area contributed by atoms with Gasteiger partial charge in [0.2, 0.25) is 0 Å². The van der Waals surface area contributed by atoms with Gasteiger partial charge in [0.1, 0.15) is 0 Å². The summed E-state index contributed by atoms with van der Waals surface area (Å²) in [6.45, 7) is 3.29. The van der Waals surface area contributed by atoms with E-state index in [9.17, 15) is 0 Å². The van der Waals surface area contributed by atoms with Gasteiger partial charge in [-0.1, -0.05) is 31.5 Å². The van der Waals surface area contributed by atoms with Gasteiger partial charge in [0, 0.05) is 35.2 Å². The van der Waals surface area contributed by atoms with Crippen LogP contribution in [0.2, 0.25) is 0 Å². The smallest absolute Gasteiger partial charge is 0.170 e. The first-order valence-corrected chi connectivity index (χ1v) is 11.4. The number of piperidine rings is 2. The second kappa shape index (κ2) is 8.72. The average molecular weight is 400 g/mol. The Balaban J connectivity index is 1.33. The first kappa shape index (κ1) is 18.9. The summed E-state index contributed by atoms with van der Waals surface area (Å²) in [4.78, 5) is 4.25. The van der Waals surface area contributed by atoms with E-state index in [1.807, 2.05) is 11.3 Å². The standard InChI is InChI=1S/C22H29N3S2/c1-2-16-8-10-17(11-9-16)23-22(26)24-18-13-19-5-3-6-20(14-18)25(19)15-21-7-4-12-27-21/h4,7-12,18-20H,2-3,5-6,13-15H2,1H3,(H2,23,24,26)/t18?,19-,20+. The van der Waals surface area contributed by atoms with Crippen molar-refractivity contribution < 1.29 is 0 Å². The Hall–Kier alpha value is -1.43. The maximum absolute atomic E-state index is 5.60. The number of nitrogens with one attached hydrogen (secondary N) is 2. The minimum Gasteiger partial charge on any atom is -0.360 e. The quantitative estimate of drug-likeness (QED) is 0.677. The van der Waals surface area contributed by atoms with Crippen molar-refractivity contribution in [1.29, 1.82) is 0 Å². The molecule has 0 aliphatic carbocycles. The Morgan fingerprint density at radius 2 is 1.89 bits per heavy atom. The molecule has 0 amide bonds. The van der Waals surface area contributed by atoms with Gasteiger partial charge >= 0.3 is 0 Å². The fourth-order valence-corrected chi connectivity index (χ4v) is 5.61. The molecule has 3 heterocycles. The Labute approximate surface area is 172 Å². The van der Waals surface area contributed by atoms with Gasteiger partial charge in [-0.05, 0) is 73.5 Å². The molecule has 3 atom stereocenters. The molecular weight excluding hydrogens is 370 g/mol. The average Bonchev–Trinajstić information content (AvgIpc) is 3.16. The number of benzene rings is 1. The summed E-state index contributed by atoms with van der Waals surface area (Å²) in [6, 6.07) is 14.9. The van der Waals surface area contributed by atoms with Crippen LogP contribution in [0, 0.1) is 0 Å². The molecule has 2 N–H and O–H groups in total. The molecule has 2 saturated heterocycles. The second-order valence-corrected chi connectivity index (χ2v) is 9.25. The molecule has 2 aromatic rings. The predicted molar refractivity (Wildman–Crippen MR) is 119 cm³/mol. The van der Waals surface area contributed by atoms with Crippen molar-refractivity contribution in [3.63, 3.8) is 0 Å².